The summed E-state index contributed by atoms with van der Waals surface area (Å²) in [6, 6.07) is 16.5. The second kappa shape index (κ2) is 9.32. The number of imide groups is 1. The third-order valence-corrected chi connectivity index (χ3v) is 5.32. The monoisotopic (exact) mass is 498 g/mol. The molecule has 0 bridgehead atoms. The predicted molar refractivity (Wildman–Crippen MR) is 118 cm³/mol. The maximum absolute atomic E-state index is 14.0. The Hall–Kier alpha value is -3.52. The van der Waals surface area contributed by atoms with Gasteiger partial charge in [0.25, 0.3) is 5.91 Å². The average molecular weight is 499 g/mol. The number of carbonyl (C=O) groups excluding carboxylic acids is 2. The van der Waals surface area contributed by atoms with Crippen molar-refractivity contribution in [2.75, 3.05) is 0 Å². The molecule has 3 aromatic carbocycles. The SMILES string of the molecule is O=C1N/C(=C/c2cc(Br)ccc2OCc2ccc(F)cc2)C(=O)N1Cc1ccccc1F. The molecule has 162 valence electrons. The highest BCUT2D eigenvalue weighted by Gasteiger charge is 2.34. The maximum Gasteiger partial charge on any atom is 0.329 e. The Balaban J connectivity index is 1.55. The molecule has 0 saturated carbocycles. The van der Waals surface area contributed by atoms with Gasteiger partial charge in [0, 0.05) is 15.6 Å². The van der Waals surface area contributed by atoms with E-state index in [2.05, 4.69) is 21.2 Å². The summed E-state index contributed by atoms with van der Waals surface area (Å²) in [7, 11) is 0. The molecule has 0 unspecified atom stereocenters. The first kappa shape index (κ1) is 21.7. The largest absolute Gasteiger partial charge is 0.488 e. The molecule has 3 aromatic rings. The standard InChI is InChI=1S/C24H17BrF2N2O3/c25-18-7-10-22(32-14-15-5-8-19(26)9-6-15)17(11-18)12-21-23(30)29(24(31)28-21)13-16-3-1-2-4-20(16)27/h1-12H,13-14H2,(H,28,31)/b21-12+. The maximum atomic E-state index is 14.0. The molecule has 1 saturated heterocycles. The molecule has 0 atom stereocenters. The minimum absolute atomic E-state index is 0.0519. The fraction of sp³-hybridized carbons (Fsp3) is 0.0833. The van der Waals surface area contributed by atoms with Gasteiger partial charge in [-0.3, -0.25) is 9.69 Å². The quantitative estimate of drug-likeness (QED) is 0.365. The van der Waals surface area contributed by atoms with Crippen molar-refractivity contribution >= 4 is 33.9 Å². The van der Waals surface area contributed by atoms with Gasteiger partial charge in [0.05, 0.1) is 6.54 Å². The molecule has 1 N–H and O–H groups in total. The molecule has 0 aliphatic carbocycles. The summed E-state index contributed by atoms with van der Waals surface area (Å²) in [5.74, 6) is -0.922. The van der Waals surface area contributed by atoms with E-state index < -0.39 is 17.8 Å². The van der Waals surface area contributed by atoms with Crippen molar-refractivity contribution in [1.29, 1.82) is 0 Å². The summed E-state index contributed by atoms with van der Waals surface area (Å²) >= 11 is 3.39. The lowest BCUT2D eigenvalue weighted by atomic mass is 10.1. The van der Waals surface area contributed by atoms with E-state index in [4.69, 9.17) is 4.74 Å². The summed E-state index contributed by atoms with van der Waals surface area (Å²) in [6.45, 7) is 0.0128. The minimum atomic E-state index is -0.631. The Kier molecular flexibility index (Phi) is 6.32. The molecule has 1 aliphatic heterocycles. The van der Waals surface area contributed by atoms with E-state index in [1.807, 2.05) is 0 Å². The van der Waals surface area contributed by atoms with Crippen molar-refractivity contribution in [3.8, 4) is 5.75 Å². The number of carbonyl (C=O) groups is 2. The van der Waals surface area contributed by atoms with Gasteiger partial charge in [-0.2, -0.15) is 0 Å². The van der Waals surface area contributed by atoms with Gasteiger partial charge in [0.15, 0.2) is 0 Å². The number of hydrogen-bond acceptors (Lipinski definition) is 3. The minimum Gasteiger partial charge on any atom is -0.488 e. The van der Waals surface area contributed by atoms with E-state index in [0.717, 1.165) is 14.9 Å². The van der Waals surface area contributed by atoms with Crippen LogP contribution in [0.3, 0.4) is 0 Å². The molecular formula is C24H17BrF2N2O3. The van der Waals surface area contributed by atoms with Crippen LogP contribution in [0.5, 0.6) is 5.75 Å². The molecule has 8 heteroatoms. The number of hydrogen-bond donors (Lipinski definition) is 1. The molecule has 32 heavy (non-hydrogen) atoms. The fourth-order valence-electron chi connectivity index (χ4n) is 3.17. The average Bonchev–Trinajstić information content (AvgIpc) is 3.03. The van der Waals surface area contributed by atoms with E-state index in [0.29, 0.717) is 11.3 Å². The number of rotatable bonds is 6. The summed E-state index contributed by atoms with van der Waals surface area (Å²) in [5, 5.41) is 2.53. The van der Waals surface area contributed by atoms with Crippen LogP contribution < -0.4 is 10.1 Å². The third kappa shape index (κ3) is 4.86. The molecule has 1 aliphatic rings. The summed E-state index contributed by atoms with van der Waals surface area (Å²) in [6.07, 6.45) is 1.51. The summed E-state index contributed by atoms with van der Waals surface area (Å²) in [5.41, 5.74) is 1.62. The molecular weight excluding hydrogens is 482 g/mol. The predicted octanol–water partition coefficient (Wildman–Crippen LogP) is 5.40. The number of amides is 3. The lowest BCUT2D eigenvalue weighted by Gasteiger charge is -2.12. The van der Waals surface area contributed by atoms with Gasteiger partial charge in [0.2, 0.25) is 0 Å². The molecule has 1 heterocycles. The molecule has 5 nitrogen and oxygen atoms in total. The zero-order valence-corrected chi connectivity index (χ0v) is 18.2. The van der Waals surface area contributed by atoms with Crippen LogP contribution in [0.25, 0.3) is 6.08 Å². The zero-order chi connectivity index (χ0) is 22.7. The Morgan fingerprint density at radius 1 is 1.00 bits per heavy atom. The van der Waals surface area contributed by atoms with Crippen LogP contribution in [0.4, 0.5) is 13.6 Å². The van der Waals surface area contributed by atoms with E-state index in [9.17, 15) is 18.4 Å². The third-order valence-electron chi connectivity index (χ3n) is 4.83. The number of benzene rings is 3. The van der Waals surface area contributed by atoms with Crippen LogP contribution in [0.2, 0.25) is 0 Å². The first-order valence-corrected chi connectivity index (χ1v) is 10.4. The molecule has 4 rings (SSSR count). The highest BCUT2D eigenvalue weighted by atomic mass is 79.9. The number of ether oxygens (including phenoxy) is 1. The van der Waals surface area contributed by atoms with Crippen molar-refractivity contribution in [3.05, 3.63) is 105 Å². The van der Waals surface area contributed by atoms with E-state index >= 15 is 0 Å². The summed E-state index contributed by atoms with van der Waals surface area (Å²) in [4.78, 5) is 26.1. The second-order valence-electron chi connectivity index (χ2n) is 7.07. The first-order chi connectivity index (χ1) is 15.4. The Bertz CT molecular complexity index is 1210. The smallest absolute Gasteiger partial charge is 0.329 e. The van der Waals surface area contributed by atoms with Crippen molar-refractivity contribution in [1.82, 2.24) is 10.2 Å². The zero-order valence-electron chi connectivity index (χ0n) is 16.6. The van der Waals surface area contributed by atoms with Crippen LogP contribution in [-0.4, -0.2) is 16.8 Å². The van der Waals surface area contributed by atoms with Gasteiger partial charge in [-0.1, -0.05) is 46.3 Å². The van der Waals surface area contributed by atoms with E-state index in [-0.39, 0.29) is 30.2 Å². The number of nitrogens with zero attached hydrogens (tertiary/aromatic N) is 1. The van der Waals surface area contributed by atoms with Gasteiger partial charge in [0.1, 0.15) is 29.7 Å². The van der Waals surface area contributed by atoms with Crippen LogP contribution in [-0.2, 0) is 17.9 Å². The molecule has 0 spiro atoms. The fourth-order valence-corrected chi connectivity index (χ4v) is 3.55. The Labute approximate surface area is 191 Å². The van der Waals surface area contributed by atoms with Gasteiger partial charge in [-0.25, -0.2) is 13.6 Å². The lowest BCUT2D eigenvalue weighted by Crippen LogP contribution is -2.30. The first-order valence-electron chi connectivity index (χ1n) is 9.65. The Morgan fingerprint density at radius 2 is 1.75 bits per heavy atom. The number of nitrogens with one attached hydrogen (secondary N) is 1. The van der Waals surface area contributed by atoms with Gasteiger partial charge in [-0.05, 0) is 48.0 Å². The highest BCUT2D eigenvalue weighted by molar-refractivity contribution is 9.10. The second-order valence-corrected chi connectivity index (χ2v) is 7.98. The number of urea groups is 1. The van der Waals surface area contributed by atoms with Gasteiger partial charge < -0.3 is 10.1 Å². The summed E-state index contributed by atoms with van der Waals surface area (Å²) < 4.78 is 33.7. The lowest BCUT2D eigenvalue weighted by molar-refractivity contribution is -0.123. The van der Waals surface area contributed by atoms with Crippen molar-refractivity contribution < 1.29 is 23.1 Å². The van der Waals surface area contributed by atoms with Gasteiger partial charge in [-0.15, -0.1) is 0 Å². The van der Waals surface area contributed by atoms with Crippen molar-refractivity contribution in [3.63, 3.8) is 0 Å². The highest BCUT2D eigenvalue weighted by Crippen LogP contribution is 2.28. The van der Waals surface area contributed by atoms with Crippen LogP contribution in [0, 0.1) is 11.6 Å². The van der Waals surface area contributed by atoms with Crippen LogP contribution in [0.1, 0.15) is 16.7 Å². The number of halogens is 3. The Morgan fingerprint density at radius 3 is 2.50 bits per heavy atom. The van der Waals surface area contributed by atoms with Crippen LogP contribution in [0.15, 0.2) is 76.9 Å². The molecule has 3 amide bonds. The molecule has 0 aromatic heterocycles. The molecule has 1 fully saturated rings. The van der Waals surface area contributed by atoms with Gasteiger partial charge >= 0.3 is 6.03 Å². The topological polar surface area (TPSA) is 58.6 Å². The normalized spacial score (nSPS) is 14.7. The van der Waals surface area contributed by atoms with E-state index in [1.54, 1.807) is 36.4 Å². The van der Waals surface area contributed by atoms with Crippen molar-refractivity contribution in [2.24, 2.45) is 0 Å². The molecule has 0 radical (unpaired) electrons. The van der Waals surface area contributed by atoms with E-state index in [1.165, 1.54) is 36.4 Å². The van der Waals surface area contributed by atoms with Crippen LogP contribution >= 0.6 is 15.9 Å². The van der Waals surface area contributed by atoms with Crippen molar-refractivity contribution in [2.45, 2.75) is 13.2 Å².